The van der Waals surface area contributed by atoms with Gasteiger partial charge in [-0.1, -0.05) is 0 Å². The minimum atomic E-state index is -3.24. The summed E-state index contributed by atoms with van der Waals surface area (Å²) in [5.41, 5.74) is 0.609. The van der Waals surface area contributed by atoms with E-state index in [-0.39, 0.29) is 5.75 Å². The fourth-order valence-electron chi connectivity index (χ4n) is 3.51. The lowest BCUT2D eigenvalue weighted by Crippen LogP contribution is -2.47. The summed E-state index contributed by atoms with van der Waals surface area (Å²) in [5.74, 6) is 1.46. The van der Waals surface area contributed by atoms with Crippen molar-refractivity contribution in [1.29, 1.82) is 0 Å². The molecule has 0 aromatic heterocycles. The van der Waals surface area contributed by atoms with Gasteiger partial charge in [0.1, 0.15) is 11.5 Å². The van der Waals surface area contributed by atoms with Gasteiger partial charge in [0.25, 0.3) is 0 Å². The fourth-order valence-corrected chi connectivity index (χ4v) is 5.34. The molecule has 0 atom stereocenters. The predicted molar refractivity (Wildman–Crippen MR) is 104 cm³/mol. The quantitative estimate of drug-likeness (QED) is 0.682. The summed E-state index contributed by atoms with van der Waals surface area (Å²) in [6.07, 6.45) is 1.17. The molecule has 0 saturated carbocycles. The lowest BCUT2D eigenvalue weighted by Gasteiger charge is -2.35. The molecule has 1 aromatic carbocycles. The van der Waals surface area contributed by atoms with Crippen LogP contribution in [0.4, 0.5) is 0 Å². The summed E-state index contributed by atoms with van der Waals surface area (Å²) in [6.45, 7) is 7.32. The largest absolute Gasteiger partial charge is 0.497 e. The molecule has 0 bridgehead atoms. The van der Waals surface area contributed by atoms with Gasteiger partial charge in [0, 0.05) is 17.6 Å². The summed E-state index contributed by atoms with van der Waals surface area (Å²) in [4.78, 5) is 0. The van der Waals surface area contributed by atoms with E-state index < -0.39 is 19.9 Å². The van der Waals surface area contributed by atoms with Gasteiger partial charge in [-0.15, -0.1) is 10.3 Å². The van der Waals surface area contributed by atoms with E-state index in [0.717, 1.165) is 32.6 Å². The Bertz CT molecular complexity index is 828. The van der Waals surface area contributed by atoms with Crippen molar-refractivity contribution in [1.82, 2.24) is 5.06 Å². The number of benzene rings is 1. The number of rotatable bonds is 6. The first-order valence-corrected chi connectivity index (χ1v) is 11.5. The van der Waals surface area contributed by atoms with Crippen LogP contribution < -0.4 is 9.47 Å². The van der Waals surface area contributed by atoms with E-state index in [1.165, 1.54) is 6.26 Å². The molecule has 0 saturated heterocycles. The highest BCUT2D eigenvalue weighted by molar-refractivity contribution is 8.71. The molecule has 6 nitrogen and oxygen atoms in total. The molecule has 1 aromatic rings. The number of hydrogen-bond acceptors (Lipinski definition) is 6. The van der Waals surface area contributed by atoms with Crippen molar-refractivity contribution in [3.8, 4) is 11.5 Å². The van der Waals surface area contributed by atoms with Crippen molar-refractivity contribution in [3.05, 3.63) is 29.3 Å². The van der Waals surface area contributed by atoms with Crippen LogP contribution in [-0.4, -0.2) is 50.8 Å². The van der Waals surface area contributed by atoms with Crippen LogP contribution in [0.1, 0.15) is 33.3 Å². The van der Waals surface area contributed by atoms with Gasteiger partial charge in [-0.2, -0.15) is 0 Å². The van der Waals surface area contributed by atoms with Gasteiger partial charge in [0.15, 0.2) is 8.87 Å². The second kappa shape index (κ2) is 7.07. The Morgan fingerprint density at radius 3 is 2.19 bits per heavy atom. The predicted octanol–water partition coefficient (Wildman–Crippen LogP) is 3.37. The average Bonchev–Trinajstić information content (AvgIpc) is 2.68. The smallest absolute Gasteiger partial charge is 0.199 e. The lowest BCUT2D eigenvalue weighted by atomic mass is 9.86. The molecular weight excluding hydrogens is 374 g/mol. The Morgan fingerprint density at radius 2 is 1.69 bits per heavy atom. The Labute approximate surface area is 159 Å². The number of hydroxylamine groups is 2. The standard InChI is InChI=1S/C18H26NO5S2/c1-17(2)14(11-25-26(7,21)22)16(18(3,4)19(17)20)13-10-12(23-5)8-9-15(13)24-6/h8-10H,11H2,1-7H3. The Hall–Kier alpha value is -1.22. The zero-order valence-corrected chi connectivity index (χ0v) is 17.9. The van der Waals surface area contributed by atoms with Crippen LogP contribution in [0.3, 0.4) is 0 Å². The van der Waals surface area contributed by atoms with Crippen LogP contribution in [0.5, 0.6) is 11.5 Å². The third kappa shape index (κ3) is 3.74. The highest BCUT2D eigenvalue weighted by Gasteiger charge is 2.52. The molecule has 1 aliphatic heterocycles. The molecule has 145 valence electrons. The zero-order chi connectivity index (χ0) is 19.9. The summed E-state index contributed by atoms with van der Waals surface area (Å²) in [5, 5.41) is 14.1. The molecule has 8 heteroatoms. The lowest BCUT2D eigenvalue weighted by molar-refractivity contribution is -0.236. The van der Waals surface area contributed by atoms with Gasteiger partial charge < -0.3 is 9.47 Å². The minimum absolute atomic E-state index is 0.212. The Morgan fingerprint density at radius 1 is 1.08 bits per heavy atom. The van der Waals surface area contributed by atoms with E-state index in [9.17, 15) is 13.6 Å². The first-order chi connectivity index (χ1) is 11.9. The van der Waals surface area contributed by atoms with Crippen molar-refractivity contribution in [2.24, 2.45) is 0 Å². The highest BCUT2D eigenvalue weighted by atomic mass is 33.1. The van der Waals surface area contributed by atoms with Crippen LogP contribution >= 0.6 is 10.8 Å². The second-order valence-corrected chi connectivity index (χ2v) is 11.8. The number of methoxy groups -OCH3 is 2. The number of nitrogens with zero attached hydrogens (tertiary/aromatic N) is 1. The average molecular weight is 401 g/mol. The summed E-state index contributed by atoms with van der Waals surface area (Å²) in [7, 11) is 0.732. The van der Waals surface area contributed by atoms with Gasteiger partial charge in [-0.05, 0) is 67.8 Å². The SMILES string of the molecule is COc1ccc(OC)c(C2=C(CSS(C)(=O)=O)C(C)(C)N([O])C2(C)C)c1. The first kappa shape index (κ1) is 21.1. The molecule has 26 heavy (non-hydrogen) atoms. The maximum atomic E-state index is 13.1. The van der Waals surface area contributed by atoms with Crippen molar-refractivity contribution < 1.29 is 23.1 Å². The normalized spacial score (nSPS) is 19.7. The van der Waals surface area contributed by atoms with Crippen molar-refractivity contribution in [3.63, 3.8) is 0 Å². The maximum Gasteiger partial charge on any atom is 0.199 e. The van der Waals surface area contributed by atoms with E-state index in [2.05, 4.69) is 0 Å². The zero-order valence-electron chi connectivity index (χ0n) is 16.2. The molecule has 0 N–H and O–H groups in total. The van der Waals surface area contributed by atoms with Crippen molar-refractivity contribution in [2.45, 2.75) is 38.8 Å². The van der Waals surface area contributed by atoms with Crippen LogP contribution in [0.2, 0.25) is 0 Å². The Kier molecular flexibility index (Phi) is 5.73. The fraction of sp³-hybridized carbons (Fsp3) is 0.556. The molecule has 0 spiro atoms. The molecular formula is C18H26NO5S2. The van der Waals surface area contributed by atoms with Crippen LogP contribution in [0.25, 0.3) is 5.57 Å². The molecule has 0 fully saturated rings. The van der Waals surface area contributed by atoms with E-state index in [0.29, 0.717) is 11.5 Å². The molecule has 0 aliphatic carbocycles. The monoisotopic (exact) mass is 400 g/mol. The van der Waals surface area contributed by atoms with Gasteiger partial charge >= 0.3 is 0 Å². The molecule has 1 radical (unpaired) electrons. The molecule has 0 amide bonds. The number of ether oxygens (including phenoxy) is 2. The number of hydrogen-bond donors (Lipinski definition) is 0. The maximum absolute atomic E-state index is 13.1. The Balaban J connectivity index is 2.76. The van der Waals surface area contributed by atoms with Crippen LogP contribution in [0, 0.1) is 0 Å². The van der Waals surface area contributed by atoms with Crippen molar-refractivity contribution >= 4 is 25.2 Å². The van der Waals surface area contributed by atoms with Gasteiger partial charge in [-0.3, -0.25) is 0 Å². The van der Waals surface area contributed by atoms with E-state index in [1.807, 2.05) is 33.8 Å². The summed E-state index contributed by atoms with van der Waals surface area (Å²) < 4.78 is 34.3. The molecule has 1 heterocycles. The summed E-state index contributed by atoms with van der Waals surface area (Å²) in [6, 6.07) is 5.41. The van der Waals surface area contributed by atoms with Gasteiger partial charge in [0.2, 0.25) is 0 Å². The molecule has 0 unspecified atom stereocenters. The van der Waals surface area contributed by atoms with Gasteiger partial charge in [0.05, 0.1) is 25.3 Å². The first-order valence-electron chi connectivity index (χ1n) is 8.14. The van der Waals surface area contributed by atoms with E-state index in [1.54, 1.807) is 26.4 Å². The second-order valence-electron chi connectivity index (χ2n) is 7.30. The third-order valence-electron chi connectivity index (χ3n) is 4.76. The van der Waals surface area contributed by atoms with Crippen LogP contribution in [0.15, 0.2) is 23.8 Å². The molecule has 2 rings (SSSR count). The minimum Gasteiger partial charge on any atom is -0.497 e. The summed E-state index contributed by atoms with van der Waals surface area (Å²) >= 11 is 0. The molecule has 1 aliphatic rings. The van der Waals surface area contributed by atoms with E-state index >= 15 is 0 Å². The third-order valence-corrected chi connectivity index (χ3v) is 7.23. The van der Waals surface area contributed by atoms with Crippen molar-refractivity contribution in [2.75, 3.05) is 26.2 Å². The van der Waals surface area contributed by atoms with Crippen LogP contribution in [-0.2, 0) is 14.1 Å². The topological polar surface area (TPSA) is 75.7 Å². The van der Waals surface area contributed by atoms with Gasteiger partial charge in [-0.25, -0.2) is 8.42 Å². The highest BCUT2D eigenvalue weighted by Crippen LogP contribution is 2.52. The van der Waals surface area contributed by atoms with E-state index in [4.69, 9.17) is 9.47 Å².